The molecular weight excluding hydrogens is 430 g/mol. The van der Waals surface area contributed by atoms with Crippen molar-refractivity contribution in [2.75, 3.05) is 44.3 Å². The van der Waals surface area contributed by atoms with E-state index in [1.54, 1.807) is 41.0 Å². The summed E-state index contributed by atoms with van der Waals surface area (Å²) in [6.07, 6.45) is 3.84. The molecule has 0 aliphatic carbocycles. The SMILES string of the molecule is Cc1cnc(N2CCN(S(=O)(=O)c3ccccc3)CC2CN2C3COCC2C(O)C3)nc1. The first kappa shape index (κ1) is 21.7. The zero-order valence-electron chi connectivity index (χ0n) is 18.1. The number of aliphatic hydroxyl groups is 1. The number of hydrogen-bond acceptors (Lipinski definition) is 8. The van der Waals surface area contributed by atoms with Gasteiger partial charge in [0.25, 0.3) is 0 Å². The van der Waals surface area contributed by atoms with Gasteiger partial charge in [0, 0.05) is 44.6 Å². The number of aromatic nitrogens is 2. The number of fused-ring (bicyclic) bond motifs is 2. The average molecular weight is 460 g/mol. The van der Waals surface area contributed by atoms with E-state index < -0.39 is 16.1 Å². The fourth-order valence-corrected chi connectivity index (χ4v) is 6.52. The molecule has 32 heavy (non-hydrogen) atoms. The van der Waals surface area contributed by atoms with Gasteiger partial charge >= 0.3 is 0 Å². The van der Waals surface area contributed by atoms with E-state index in [0.29, 0.717) is 56.7 Å². The van der Waals surface area contributed by atoms with Crippen molar-refractivity contribution in [1.82, 2.24) is 19.2 Å². The van der Waals surface area contributed by atoms with Crippen LogP contribution in [0.25, 0.3) is 0 Å². The molecule has 4 heterocycles. The van der Waals surface area contributed by atoms with Crippen LogP contribution < -0.4 is 4.90 Å². The average Bonchev–Trinajstić information content (AvgIpc) is 2.96. The van der Waals surface area contributed by atoms with Crippen molar-refractivity contribution in [2.24, 2.45) is 0 Å². The highest BCUT2D eigenvalue weighted by Gasteiger charge is 2.46. The second kappa shape index (κ2) is 8.68. The molecule has 4 unspecified atom stereocenters. The molecule has 1 aromatic carbocycles. The molecule has 3 fully saturated rings. The lowest BCUT2D eigenvalue weighted by atomic mass is 10.1. The van der Waals surface area contributed by atoms with Gasteiger partial charge < -0.3 is 14.7 Å². The summed E-state index contributed by atoms with van der Waals surface area (Å²) in [4.78, 5) is 13.7. The van der Waals surface area contributed by atoms with Gasteiger partial charge in [-0.2, -0.15) is 4.31 Å². The van der Waals surface area contributed by atoms with Crippen LogP contribution in [0.1, 0.15) is 12.0 Å². The van der Waals surface area contributed by atoms with Crippen molar-refractivity contribution in [2.45, 2.75) is 42.5 Å². The summed E-state index contributed by atoms with van der Waals surface area (Å²) in [6.45, 7) is 4.85. The van der Waals surface area contributed by atoms with Gasteiger partial charge in [-0.15, -0.1) is 0 Å². The topological polar surface area (TPSA) is 99.1 Å². The first-order valence-corrected chi connectivity index (χ1v) is 12.5. The van der Waals surface area contributed by atoms with Crippen LogP contribution in [0.4, 0.5) is 5.95 Å². The highest BCUT2D eigenvalue weighted by molar-refractivity contribution is 7.89. The van der Waals surface area contributed by atoms with Crippen LogP contribution in [0.2, 0.25) is 0 Å². The van der Waals surface area contributed by atoms with Gasteiger partial charge in [-0.1, -0.05) is 18.2 Å². The molecule has 3 aliphatic rings. The van der Waals surface area contributed by atoms with Crippen LogP contribution in [0.3, 0.4) is 0 Å². The van der Waals surface area contributed by atoms with Crippen LogP contribution in [-0.4, -0.2) is 96.3 Å². The Morgan fingerprint density at radius 1 is 1.12 bits per heavy atom. The standard InChI is InChI=1S/C22H29N5O4S/c1-16-10-23-22(24-11-16)26-8-7-25(32(29,30)19-5-3-2-4-6-19)12-18(26)13-27-17-9-21(28)20(27)15-31-14-17/h2-6,10-11,17-18,20-21,28H,7-9,12-15H2,1H3. The van der Waals surface area contributed by atoms with E-state index in [9.17, 15) is 13.5 Å². The Labute approximate surface area is 188 Å². The number of morpholine rings is 1. The first-order valence-electron chi connectivity index (χ1n) is 11.1. The van der Waals surface area contributed by atoms with Crippen molar-refractivity contribution in [3.63, 3.8) is 0 Å². The molecule has 2 aromatic rings. The van der Waals surface area contributed by atoms with Crippen molar-refractivity contribution >= 4 is 16.0 Å². The third-order valence-electron chi connectivity index (χ3n) is 6.72. The Balaban J connectivity index is 1.43. The van der Waals surface area contributed by atoms with E-state index in [2.05, 4.69) is 19.8 Å². The smallest absolute Gasteiger partial charge is 0.243 e. The third-order valence-corrected chi connectivity index (χ3v) is 8.60. The molecule has 0 spiro atoms. The zero-order valence-corrected chi connectivity index (χ0v) is 18.9. The molecule has 0 amide bonds. The highest BCUT2D eigenvalue weighted by Crippen LogP contribution is 2.31. The lowest BCUT2D eigenvalue weighted by Crippen LogP contribution is -2.61. The molecular formula is C22H29N5O4S. The van der Waals surface area contributed by atoms with Gasteiger partial charge in [0.05, 0.1) is 36.3 Å². The number of hydrogen-bond donors (Lipinski definition) is 1. The van der Waals surface area contributed by atoms with Crippen molar-refractivity contribution in [1.29, 1.82) is 0 Å². The number of piperazine rings is 1. The molecule has 1 N–H and O–H groups in total. The van der Waals surface area contributed by atoms with Gasteiger partial charge in [0.1, 0.15) is 0 Å². The number of rotatable bonds is 5. The Hall–Kier alpha value is -2.11. The number of ether oxygens (including phenoxy) is 1. The molecule has 9 nitrogen and oxygen atoms in total. The summed E-state index contributed by atoms with van der Waals surface area (Å²) in [7, 11) is -3.60. The largest absolute Gasteiger partial charge is 0.391 e. The Bertz CT molecular complexity index is 1040. The van der Waals surface area contributed by atoms with E-state index in [4.69, 9.17) is 4.74 Å². The maximum atomic E-state index is 13.3. The molecule has 2 bridgehead atoms. The molecule has 10 heteroatoms. The van der Waals surface area contributed by atoms with E-state index >= 15 is 0 Å². The lowest BCUT2D eigenvalue weighted by Gasteiger charge is -2.45. The Kier molecular flexibility index (Phi) is 5.89. The molecule has 5 rings (SSSR count). The summed E-state index contributed by atoms with van der Waals surface area (Å²) in [5.74, 6) is 0.610. The second-order valence-electron chi connectivity index (χ2n) is 8.84. The summed E-state index contributed by atoms with van der Waals surface area (Å²) < 4.78 is 33.8. The molecule has 3 aliphatic heterocycles. The van der Waals surface area contributed by atoms with E-state index in [1.165, 1.54) is 0 Å². The van der Waals surface area contributed by atoms with Crippen molar-refractivity contribution in [3.05, 3.63) is 48.3 Å². The molecule has 3 saturated heterocycles. The lowest BCUT2D eigenvalue weighted by molar-refractivity contribution is -0.0345. The van der Waals surface area contributed by atoms with Gasteiger partial charge in [0.15, 0.2) is 0 Å². The van der Waals surface area contributed by atoms with Gasteiger partial charge in [0.2, 0.25) is 16.0 Å². The van der Waals surface area contributed by atoms with Gasteiger partial charge in [-0.05, 0) is 31.0 Å². The Morgan fingerprint density at radius 3 is 2.59 bits per heavy atom. The predicted molar refractivity (Wildman–Crippen MR) is 119 cm³/mol. The van der Waals surface area contributed by atoms with E-state index in [1.807, 2.05) is 13.0 Å². The predicted octanol–water partition coefficient (Wildman–Crippen LogP) is 0.499. The molecule has 0 saturated carbocycles. The van der Waals surface area contributed by atoms with E-state index in [-0.39, 0.29) is 18.1 Å². The summed E-state index contributed by atoms with van der Waals surface area (Å²) in [6, 6.07) is 8.52. The number of benzene rings is 1. The van der Waals surface area contributed by atoms with Crippen LogP contribution in [0.15, 0.2) is 47.6 Å². The summed E-state index contributed by atoms with van der Waals surface area (Å²) in [5.41, 5.74) is 0.977. The summed E-state index contributed by atoms with van der Waals surface area (Å²) in [5, 5.41) is 10.5. The fraction of sp³-hybridized carbons (Fsp3) is 0.545. The number of nitrogens with zero attached hydrogens (tertiary/aromatic N) is 5. The quantitative estimate of drug-likeness (QED) is 0.690. The van der Waals surface area contributed by atoms with E-state index in [0.717, 1.165) is 5.56 Å². The third kappa shape index (κ3) is 4.01. The van der Waals surface area contributed by atoms with Crippen LogP contribution in [0.5, 0.6) is 0 Å². The molecule has 0 radical (unpaired) electrons. The molecule has 172 valence electrons. The number of aryl methyl sites for hydroxylation is 1. The first-order chi connectivity index (χ1) is 15.4. The molecule has 1 aromatic heterocycles. The second-order valence-corrected chi connectivity index (χ2v) is 10.8. The highest BCUT2D eigenvalue weighted by atomic mass is 32.2. The number of anilines is 1. The van der Waals surface area contributed by atoms with Crippen LogP contribution in [-0.2, 0) is 14.8 Å². The van der Waals surface area contributed by atoms with Gasteiger partial charge in [-0.25, -0.2) is 18.4 Å². The maximum Gasteiger partial charge on any atom is 0.243 e. The van der Waals surface area contributed by atoms with Crippen LogP contribution >= 0.6 is 0 Å². The monoisotopic (exact) mass is 459 g/mol. The van der Waals surface area contributed by atoms with Gasteiger partial charge in [-0.3, -0.25) is 4.90 Å². The van der Waals surface area contributed by atoms with Crippen molar-refractivity contribution in [3.8, 4) is 0 Å². The van der Waals surface area contributed by atoms with Crippen molar-refractivity contribution < 1.29 is 18.3 Å². The Morgan fingerprint density at radius 2 is 1.88 bits per heavy atom. The fourth-order valence-electron chi connectivity index (χ4n) is 5.03. The minimum atomic E-state index is -3.60. The normalized spacial score (nSPS) is 29.4. The maximum absolute atomic E-state index is 13.3. The zero-order chi connectivity index (χ0) is 22.3. The number of sulfonamides is 1. The minimum Gasteiger partial charge on any atom is -0.391 e. The molecule has 4 atom stereocenters. The number of aliphatic hydroxyl groups excluding tert-OH is 1. The minimum absolute atomic E-state index is 0.0596. The summed E-state index contributed by atoms with van der Waals surface area (Å²) >= 11 is 0. The van der Waals surface area contributed by atoms with Crippen LogP contribution in [0, 0.1) is 6.92 Å².